The number of hydrogen-bond acceptors (Lipinski definition) is 1. The van der Waals surface area contributed by atoms with Gasteiger partial charge in [-0.25, -0.2) is 0 Å². The first kappa shape index (κ1) is 25.1. The van der Waals surface area contributed by atoms with Gasteiger partial charge < -0.3 is 4.74 Å². The summed E-state index contributed by atoms with van der Waals surface area (Å²) < 4.78 is 6.01. The van der Waals surface area contributed by atoms with Crippen LogP contribution in [0.4, 0.5) is 0 Å². The second kappa shape index (κ2) is 13.9. The van der Waals surface area contributed by atoms with Gasteiger partial charge in [0.1, 0.15) is 12.4 Å². The summed E-state index contributed by atoms with van der Waals surface area (Å²) in [6.07, 6.45) is 25.7. The standard InChI is InChI=1S/C31H48O/c1-4-7-23-32-31-22-21-29(24-30(31)10-5-2)28-19-17-27(18-20-28)12-9-8-11-26-15-13-25(6-3)14-16-26/h4,6-7,21-22,24-28H,3,5,8-20,23H2,1-2H3/t25-,26-,27?,28?. The maximum absolute atomic E-state index is 6.01. The Morgan fingerprint density at radius 3 is 2.19 bits per heavy atom. The van der Waals surface area contributed by atoms with E-state index in [1.165, 1.54) is 89.0 Å². The predicted octanol–water partition coefficient (Wildman–Crippen LogP) is 9.42. The van der Waals surface area contributed by atoms with E-state index in [0.29, 0.717) is 6.61 Å². The molecule has 3 rings (SSSR count). The molecule has 1 aromatic carbocycles. The summed E-state index contributed by atoms with van der Waals surface area (Å²) in [5, 5.41) is 0. The van der Waals surface area contributed by atoms with E-state index in [4.69, 9.17) is 4.74 Å². The van der Waals surface area contributed by atoms with Crippen LogP contribution in [-0.4, -0.2) is 6.61 Å². The SMILES string of the molecule is C=C[C@H]1CC[C@H](CCCCC2CCC(c3ccc(OCC=CC)c(CCC)c3)CC2)CC1. The molecule has 0 bridgehead atoms. The first-order valence-electron chi connectivity index (χ1n) is 13.7. The summed E-state index contributed by atoms with van der Waals surface area (Å²) >= 11 is 0. The number of aryl methyl sites for hydroxylation is 1. The van der Waals surface area contributed by atoms with Crippen LogP contribution in [0.2, 0.25) is 0 Å². The molecule has 0 N–H and O–H groups in total. The first-order valence-corrected chi connectivity index (χ1v) is 13.7. The molecule has 0 aromatic heterocycles. The van der Waals surface area contributed by atoms with E-state index in [0.717, 1.165) is 35.8 Å². The zero-order valence-electron chi connectivity index (χ0n) is 21.0. The minimum atomic E-state index is 0.674. The van der Waals surface area contributed by atoms with E-state index in [-0.39, 0.29) is 0 Å². The van der Waals surface area contributed by atoms with E-state index < -0.39 is 0 Å². The fourth-order valence-electron chi connectivity index (χ4n) is 6.06. The van der Waals surface area contributed by atoms with Crippen LogP contribution in [0.1, 0.15) is 114 Å². The summed E-state index contributed by atoms with van der Waals surface area (Å²) in [6.45, 7) is 8.97. The fourth-order valence-corrected chi connectivity index (χ4v) is 6.06. The fraction of sp³-hybridized carbons (Fsp3) is 0.677. The molecule has 2 fully saturated rings. The molecule has 0 atom stereocenters. The zero-order valence-corrected chi connectivity index (χ0v) is 21.0. The molecular formula is C31H48O. The Kier molecular flexibility index (Phi) is 10.9. The summed E-state index contributed by atoms with van der Waals surface area (Å²) in [6, 6.07) is 7.04. The van der Waals surface area contributed by atoms with Crippen LogP contribution in [0.25, 0.3) is 0 Å². The molecule has 0 radical (unpaired) electrons. The monoisotopic (exact) mass is 436 g/mol. The van der Waals surface area contributed by atoms with E-state index in [1.807, 2.05) is 6.92 Å². The van der Waals surface area contributed by atoms with Crippen molar-refractivity contribution in [3.63, 3.8) is 0 Å². The maximum Gasteiger partial charge on any atom is 0.122 e. The lowest BCUT2D eigenvalue weighted by Crippen LogP contribution is -2.14. The Morgan fingerprint density at radius 1 is 0.938 bits per heavy atom. The maximum atomic E-state index is 6.01. The highest BCUT2D eigenvalue weighted by Crippen LogP contribution is 2.39. The summed E-state index contributed by atoms with van der Waals surface area (Å²) in [5.41, 5.74) is 2.96. The highest BCUT2D eigenvalue weighted by atomic mass is 16.5. The molecule has 178 valence electrons. The van der Waals surface area contributed by atoms with Crippen molar-refractivity contribution in [2.24, 2.45) is 17.8 Å². The Balaban J connectivity index is 1.38. The second-order valence-electron chi connectivity index (χ2n) is 10.5. The molecule has 0 spiro atoms. The van der Waals surface area contributed by atoms with Crippen molar-refractivity contribution in [3.05, 3.63) is 54.1 Å². The Morgan fingerprint density at radius 2 is 1.59 bits per heavy atom. The van der Waals surface area contributed by atoms with Crippen molar-refractivity contribution in [3.8, 4) is 5.75 Å². The summed E-state index contributed by atoms with van der Waals surface area (Å²) in [5.74, 6) is 4.62. The molecule has 2 saturated carbocycles. The van der Waals surface area contributed by atoms with Crippen molar-refractivity contribution >= 4 is 0 Å². The first-order chi connectivity index (χ1) is 15.7. The van der Waals surface area contributed by atoms with Gasteiger partial charge in [-0.15, -0.1) is 6.58 Å². The molecule has 0 saturated heterocycles. The highest BCUT2D eigenvalue weighted by Gasteiger charge is 2.23. The molecule has 1 nitrogen and oxygen atoms in total. The predicted molar refractivity (Wildman–Crippen MR) is 140 cm³/mol. The van der Waals surface area contributed by atoms with Crippen molar-refractivity contribution in [2.45, 2.75) is 110 Å². The lowest BCUT2D eigenvalue weighted by molar-refractivity contribution is 0.273. The number of hydrogen-bond donors (Lipinski definition) is 0. The number of allylic oxidation sites excluding steroid dienone is 2. The van der Waals surface area contributed by atoms with Gasteiger partial charge in [0, 0.05) is 0 Å². The molecule has 0 heterocycles. The normalized spacial score (nSPS) is 26.3. The van der Waals surface area contributed by atoms with Gasteiger partial charge >= 0.3 is 0 Å². The molecule has 32 heavy (non-hydrogen) atoms. The Labute approximate surface area is 198 Å². The van der Waals surface area contributed by atoms with Crippen LogP contribution in [0, 0.1) is 17.8 Å². The topological polar surface area (TPSA) is 9.23 Å². The number of ether oxygens (including phenoxy) is 1. The number of rotatable bonds is 12. The van der Waals surface area contributed by atoms with Gasteiger partial charge in [0.2, 0.25) is 0 Å². The van der Waals surface area contributed by atoms with E-state index >= 15 is 0 Å². The summed E-state index contributed by atoms with van der Waals surface area (Å²) in [4.78, 5) is 0. The zero-order chi connectivity index (χ0) is 22.6. The molecule has 0 amide bonds. The quantitative estimate of drug-likeness (QED) is 0.234. The van der Waals surface area contributed by atoms with Gasteiger partial charge in [-0.3, -0.25) is 0 Å². The van der Waals surface area contributed by atoms with E-state index in [2.05, 4.69) is 49.9 Å². The van der Waals surface area contributed by atoms with Gasteiger partial charge in [0.25, 0.3) is 0 Å². The minimum absolute atomic E-state index is 0.674. The lowest BCUT2D eigenvalue weighted by atomic mass is 9.76. The van der Waals surface area contributed by atoms with Gasteiger partial charge in [0.05, 0.1) is 0 Å². The molecule has 2 aliphatic rings. The Hall–Kier alpha value is -1.50. The smallest absolute Gasteiger partial charge is 0.122 e. The molecule has 1 heteroatoms. The average molecular weight is 437 g/mol. The van der Waals surface area contributed by atoms with Crippen molar-refractivity contribution in [1.82, 2.24) is 0 Å². The van der Waals surface area contributed by atoms with Crippen molar-refractivity contribution in [2.75, 3.05) is 6.61 Å². The molecule has 0 aliphatic heterocycles. The van der Waals surface area contributed by atoms with Crippen molar-refractivity contribution < 1.29 is 4.74 Å². The van der Waals surface area contributed by atoms with Crippen LogP contribution in [-0.2, 0) is 6.42 Å². The second-order valence-corrected chi connectivity index (χ2v) is 10.5. The van der Waals surface area contributed by atoms with Crippen LogP contribution in [0.5, 0.6) is 5.75 Å². The van der Waals surface area contributed by atoms with Gasteiger partial charge in [-0.2, -0.15) is 0 Å². The van der Waals surface area contributed by atoms with Gasteiger partial charge in [-0.05, 0) is 106 Å². The molecular weight excluding hydrogens is 388 g/mol. The summed E-state index contributed by atoms with van der Waals surface area (Å²) in [7, 11) is 0. The molecule has 0 unspecified atom stereocenters. The van der Waals surface area contributed by atoms with Crippen molar-refractivity contribution in [1.29, 1.82) is 0 Å². The third-order valence-electron chi connectivity index (χ3n) is 8.19. The third-order valence-corrected chi connectivity index (χ3v) is 8.19. The van der Waals surface area contributed by atoms with E-state index in [1.54, 1.807) is 5.56 Å². The highest BCUT2D eigenvalue weighted by molar-refractivity contribution is 5.39. The van der Waals surface area contributed by atoms with E-state index in [9.17, 15) is 0 Å². The van der Waals surface area contributed by atoms with Gasteiger partial charge in [-0.1, -0.05) is 69.4 Å². The number of unbranched alkanes of at least 4 members (excludes halogenated alkanes) is 1. The van der Waals surface area contributed by atoms with Crippen LogP contribution >= 0.6 is 0 Å². The third kappa shape index (κ3) is 7.82. The largest absolute Gasteiger partial charge is 0.489 e. The minimum Gasteiger partial charge on any atom is -0.489 e. The molecule has 2 aliphatic carbocycles. The van der Waals surface area contributed by atoms with Crippen LogP contribution < -0.4 is 4.74 Å². The van der Waals surface area contributed by atoms with Gasteiger partial charge in [0.15, 0.2) is 0 Å². The Bertz CT molecular complexity index is 686. The number of benzene rings is 1. The van der Waals surface area contributed by atoms with Crippen LogP contribution in [0.15, 0.2) is 43.0 Å². The average Bonchev–Trinajstić information content (AvgIpc) is 2.84. The molecule has 1 aromatic rings. The van der Waals surface area contributed by atoms with Crippen LogP contribution in [0.3, 0.4) is 0 Å². The lowest BCUT2D eigenvalue weighted by Gasteiger charge is -2.30.